The Morgan fingerprint density at radius 1 is 1.00 bits per heavy atom. The summed E-state index contributed by atoms with van der Waals surface area (Å²) in [4.78, 5) is 19.3. The standard InChI is InChI=1S/C22H27N3O3/c1-23(2)22(26)21(18-6-4-3-5-7-18)25-12-10-24(11-13-25)15-17-8-9-19-20(14-17)28-16-27-19/h3-9,14,21H,10-13,15-16H2,1-2H3/t21-/m1/s1. The average molecular weight is 381 g/mol. The molecule has 1 amide bonds. The van der Waals surface area contributed by atoms with Gasteiger partial charge in [-0.1, -0.05) is 36.4 Å². The van der Waals surface area contributed by atoms with Crippen LogP contribution in [-0.2, 0) is 11.3 Å². The molecule has 2 aromatic rings. The minimum atomic E-state index is -0.219. The van der Waals surface area contributed by atoms with Gasteiger partial charge in [-0.2, -0.15) is 0 Å². The number of ether oxygens (including phenoxy) is 2. The number of nitrogens with zero attached hydrogens (tertiary/aromatic N) is 3. The van der Waals surface area contributed by atoms with Gasteiger partial charge in [0, 0.05) is 46.8 Å². The van der Waals surface area contributed by atoms with Crippen LogP contribution in [0.3, 0.4) is 0 Å². The quantitative estimate of drug-likeness (QED) is 0.796. The van der Waals surface area contributed by atoms with Crippen molar-refractivity contribution in [1.82, 2.24) is 14.7 Å². The molecule has 4 rings (SSSR count). The van der Waals surface area contributed by atoms with Gasteiger partial charge in [0.05, 0.1) is 0 Å². The van der Waals surface area contributed by atoms with Gasteiger partial charge in [-0.25, -0.2) is 0 Å². The van der Waals surface area contributed by atoms with E-state index in [2.05, 4.69) is 21.9 Å². The van der Waals surface area contributed by atoms with Gasteiger partial charge in [0.1, 0.15) is 6.04 Å². The Morgan fingerprint density at radius 3 is 2.43 bits per heavy atom. The Balaban J connectivity index is 1.41. The van der Waals surface area contributed by atoms with Crippen LogP contribution in [0.15, 0.2) is 48.5 Å². The smallest absolute Gasteiger partial charge is 0.244 e. The van der Waals surface area contributed by atoms with Crippen molar-refractivity contribution < 1.29 is 14.3 Å². The predicted molar refractivity (Wildman–Crippen MR) is 107 cm³/mol. The highest BCUT2D eigenvalue weighted by Gasteiger charge is 2.31. The average Bonchev–Trinajstić information content (AvgIpc) is 3.18. The first-order valence-electron chi connectivity index (χ1n) is 9.73. The fourth-order valence-electron chi connectivity index (χ4n) is 3.87. The molecule has 0 saturated carbocycles. The van der Waals surface area contributed by atoms with Crippen LogP contribution < -0.4 is 9.47 Å². The highest BCUT2D eigenvalue weighted by molar-refractivity contribution is 5.82. The molecule has 28 heavy (non-hydrogen) atoms. The van der Waals surface area contributed by atoms with Crippen molar-refractivity contribution in [3.05, 3.63) is 59.7 Å². The monoisotopic (exact) mass is 381 g/mol. The van der Waals surface area contributed by atoms with Crippen molar-refractivity contribution >= 4 is 5.91 Å². The summed E-state index contributed by atoms with van der Waals surface area (Å²) in [6.07, 6.45) is 0. The number of carbonyl (C=O) groups is 1. The van der Waals surface area contributed by atoms with Crippen LogP contribution in [0.5, 0.6) is 11.5 Å². The maximum absolute atomic E-state index is 12.9. The van der Waals surface area contributed by atoms with Crippen LogP contribution in [0, 0.1) is 0 Å². The molecule has 0 spiro atoms. The van der Waals surface area contributed by atoms with Gasteiger partial charge in [0.15, 0.2) is 11.5 Å². The van der Waals surface area contributed by atoms with Crippen molar-refractivity contribution in [2.24, 2.45) is 0 Å². The first-order valence-corrected chi connectivity index (χ1v) is 9.73. The summed E-state index contributed by atoms with van der Waals surface area (Å²) in [5, 5.41) is 0. The Morgan fingerprint density at radius 2 is 1.71 bits per heavy atom. The molecule has 0 radical (unpaired) electrons. The summed E-state index contributed by atoms with van der Waals surface area (Å²) in [6.45, 7) is 4.77. The van der Waals surface area contributed by atoms with Crippen molar-refractivity contribution in [3.63, 3.8) is 0 Å². The SMILES string of the molecule is CN(C)C(=O)[C@@H](c1ccccc1)N1CCN(Cc2ccc3c(c2)OCO3)CC1. The number of likely N-dealkylation sites (N-methyl/N-ethyl adjacent to an activating group) is 1. The lowest BCUT2D eigenvalue weighted by molar-refractivity contribution is -0.135. The van der Waals surface area contributed by atoms with Gasteiger partial charge in [0.25, 0.3) is 0 Å². The molecular weight excluding hydrogens is 354 g/mol. The Kier molecular flexibility index (Phi) is 5.50. The minimum Gasteiger partial charge on any atom is -0.454 e. The molecule has 0 N–H and O–H groups in total. The van der Waals surface area contributed by atoms with Crippen LogP contribution in [0.25, 0.3) is 0 Å². The largest absolute Gasteiger partial charge is 0.454 e. The molecule has 0 unspecified atom stereocenters. The van der Waals surface area contributed by atoms with Gasteiger partial charge in [-0.3, -0.25) is 14.6 Å². The maximum atomic E-state index is 12.9. The van der Waals surface area contributed by atoms with E-state index >= 15 is 0 Å². The van der Waals surface area contributed by atoms with Gasteiger partial charge >= 0.3 is 0 Å². The third kappa shape index (κ3) is 3.98. The lowest BCUT2D eigenvalue weighted by Gasteiger charge is -2.39. The lowest BCUT2D eigenvalue weighted by Crippen LogP contribution is -2.50. The minimum absolute atomic E-state index is 0.135. The third-order valence-corrected chi connectivity index (χ3v) is 5.41. The zero-order valence-corrected chi connectivity index (χ0v) is 16.5. The molecule has 6 nitrogen and oxygen atoms in total. The van der Waals surface area contributed by atoms with E-state index in [1.54, 1.807) is 4.90 Å². The molecule has 2 aromatic carbocycles. The van der Waals surface area contributed by atoms with Gasteiger partial charge in [-0.05, 0) is 23.3 Å². The second-order valence-corrected chi connectivity index (χ2v) is 7.55. The molecule has 0 bridgehead atoms. The zero-order chi connectivity index (χ0) is 19.5. The first kappa shape index (κ1) is 18.8. The molecule has 6 heteroatoms. The Hall–Kier alpha value is -2.57. The number of fused-ring (bicyclic) bond motifs is 1. The predicted octanol–water partition coefficient (Wildman–Crippen LogP) is 2.36. The molecule has 2 aliphatic rings. The molecule has 1 saturated heterocycles. The summed E-state index contributed by atoms with van der Waals surface area (Å²) in [6, 6.07) is 16.0. The van der Waals surface area contributed by atoms with Gasteiger partial charge in [-0.15, -0.1) is 0 Å². The van der Waals surface area contributed by atoms with Crippen molar-refractivity contribution in [3.8, 4) is 11.5 Å². The second-order valence-electron chi connectivity index (χ2n) is 7.55. The van der Waals surface area contributed by atoms with Gasteiger partial charge < -0.3 is 14.4 Å². The molecular formula is C22H27N3O3. The summed E-state index contributed by atoms with van der Waals surface area (Å²) in [5.41, 5.74) is 2.28. The fourth-order valence-corrected chi connectivity index (χ4v) is 3.87. The van der Waals surface area contributed by atoms with Crippen LogP contribution >= 0.6 is 0 Å². The number of rotatable bonds is 5. The van der Waals surface area contributed by atoms with E-state index in [0.717, 1.165) is 49.8 Å². The number of carbonyl (C=O) groups excluding carboxylic acids is 1. The number of hydrogen-bond acceptors (Lipinski definition) is 5. The highest BCUT2D eigenvalue weighted by atomic mass is 16.7. The van der Waals surface area contributed by atoms with Crippen LogP contribution in [0.1, 0.15) is 17.2 Å². The fraction of sp³-hybridized carbons (Fsp3) is 0.409. The zero-order valence-electron chi connectivity index (χ0n) is 16.5. The number of piperazine rings is 1. The second kappa shape index (κ2) is 8.20. The number of benzene rings is 2. The van der Waals surface area contributed by atoms with Crippen LogP contribution in [0.2, 0.25) is 0 Å². The van der Waals surface area contributed by atoms with Crippen molar-refractivity contribution in [1.29, 1.82) is 0 Å². The lowest BCUT2D eigenvalue weighted by atomic mass is 10.0. The maximum Gasteiger partial charge on any atom is 0.244 e. The normalized spacial score (nSPS) is 18.1. The summed E-state index contributed by atoms with van der Waals surface area (Å²) >= 11 is 0. The van der Waals surface area contributed by atoms with E-state index in [1.807, 2.05) is 50.5 Å². The van der Waals surface area contributed by atoms with Gasteiger partial charge in [0.2, 0.25) is 12.7 Å². The van der Waals surface area contributed by atoms with Crippen LogP contribution in [-0.4, -0.2) is 67.7 Å². The molecule has 1 fully saturated rings. The first-order chi connectivity index (χ1) is 13.6. The van der Waals surface area contributed by atoms with E-state index in [-0.39, 0.29) is 11.9 Å². The van der Waals surface area contributed by atoms with E-state index in [0.29, 0.717) is 6.79 Å². The highest BCUT2D eigenvalue weighted by Crippen LogP contribution is 2.33. The summed E-state index contributed by atoms with van der Waals surface area (Å²) in [5.74, 6) is 1.79. The van der Waals surface area contributed by atoms with Crippen molar-refractivity contribution in [2.45, 2.75) is 12.6 Å². The van der Waals surface area contributed by atoms with E-state index in [4.69, 9.17) is 9.47 Å². The molecule has 0 aromatic heterocycles. The van der Waals surface area contributed by atoms with Crippen LogP contribution in [0.4, 0.5) is 0 Å². The number of amides is 1. The van der Waals surface area contributed by atoms with E-state index in [9.17, 15) is 4.79 Å². The molecule has 2 aliphatic heterocycles. The Labute approximate surface area is 166 Å². The molecule has 0 aliphatic carbocycles. The summed E-state index contributed by atoms with van der Waals surface area (Å²) < 4.78 is 10.9. The molecule has 2 heterocycles. The van der Waals surface area contributed by atoms with E-state index < -0.39 is 0 Å². The molecule has 148 valence electrons. The third-order valence-electron chi connectivity index (χ3n) is 5.41. The Bertz CT molecular complexity index is 817. The summed E-state index contributed by atoms with van der Waals surface area (Å²) in [7, 11) is 3.66. The van der Waals surface area contributed by atoms with E-state index in [1.165, 1.54) is 5.56 Å². The van der Waals surface area contributed by atoms with Crippen molar-refractivity contribution in [2.75, 3.05) is 47.1 Å². The molecule has 1 atom stereocenters. The number of hydrogen-bond donors (Lipinski definition) is 0. The topological polar surface area (TPSA) is 45.3 Å².